The van der Waals surface area contributed by atoms with Gasteiger partial charge in [0.15, 0.2) is 0 Å². The molecule has 1 aromatic heterocycles. The maximum absolute atomic E-state index is 9.13. The van der Waals surface area contributed by atoms with E-state index in [0.29, 0.717) is 13.2 Å². The van der Waals surface area contributed by atoms with E-state index in [4.69, 9.17) is 15.6 Å². The lowest BCUT2D eigenvalue weighted by molar-refractivity contribution is 0.275. The largest absolute Gasteiger partial charge is 0.494 e. The van der Waals surface area contributed by atoms with Gasteiger partial charge in [0.1, 0.15) is 11.6 Å². The molecule has 3 N–H and O–H groups in total. The number of nitrogens with zero attached hydrogens (tertiary/aromatic N) is 2. The van der Waals surface area contributed by atoms with Gasteiger partial charge in [-0.25, -0.2) is 4.98 Å². The Morgan fingerprint density at radius 3 is 2.89 bits per heavy atom. The lowest BCUT2D eigenvalue weighted by Crippen LogP contribution is -2.14. The van der Waals surface area contributed by atoms with Crippen LogP contribution >= 0.6 is 0 Å². The summed E-state index contributed by atoms with van der Waals surface area (Å²) in [6, 6.07) is 5.60. The zero-order valence-electron chi connectivity index (χ0n) is 10.8. The summed E-state index contributed by atoms with van der Waals surface area (Å²) >= 11 is 0. The number of fused-ring (bicyclic) bond motifs is 1. The fraction of sp³-hybridized carbons (Fsp3) is 0.462. The van der Waals surface area contributed by atoms with Crippen molar-refractivity contribution in [2.45, 2.75) is 26.4 Å². The number of aromatic nitrogens is 2. The van der Waals surface area contributed by atoms with Gasteiger partial charge in [0.05, 0.1) is 30.3 Å². The number of benzene rings is 1. The fourth-order valence-corrected chi connectivity index (χ4v) is 2.07. The lowest BCUT2D eigenvalue weighted by atomic mass is 10.3. The number of imidazole rings is 1. The highest BCUT2D eigenvalue weighted by Crippen LogP contribution is 2.24. The predicted octanol–water partition coefficient (Wildman–Crippen LogP) is 1.45. The Kier molecular flexibility index (Phi) is 3.84. The normalized spacial score (nSPS) is 12.9. The zero-order valence-corrected chi connectivity index (χ0v) is 10.8. The Labute approximate surface area is 106 Å². The molecule has 0 radical (unpaired) electrons. The van der Waals surface area contributed by atoms with E-state index in [1.54, 1.807) is 0 Å². The summed E-state index contributed by atoms with van der Waals surface area (Å²) in [6.45, 7) is 5.03. The van der Waals surface area contributed by atoms with Gasteiger partial charge in [-0.2, -0.15) is 0 Å². The second kappa shape index (κ2) is 5.37. The molecule has 0 bridgehead atoms. The van der Waals surface area contributed by atoms with E-state index in [1.807, 2.05) is 36.6 Å². The number of ether oxygens (including phenoxy) is 1. The highest BCUT2D eigenvalue weighted by molar-refractivity contribution is 5.78. The van der Waals surface area contributed by atoms with Crippen molar-refractivity contribution < 1.29 is 9.84 Å². The van der Waals surface area contributed by atoms with Crippen molar-refractivity contribution >= 4 is 11.0 Å². The molecule has 2 aromatic rings. The summed E-state index contributed by atoms with van der Waals surface area (Å²) < 4.78 is 7.41. The van der Waals surface area contributed by atoms with Crippen LogP contribution in [0.15, 0.2) is 18.2 Å². The van der Waals surface area contributed by atoms with Crippen LogP contribution < -0.4 is 10.5 Å². The van der Waals surface area contributed by atoms with Crippen LogP contribution in [0.4, 0.5) is 0 Å². The topological polar surface area (TPSA) is 73.3 Å². The van der Waals surface area contributed by atoms with Crippen molar-refractivity contribution in [3.8, 4) is 5.75 Å². The van der Waals surface area contributed by atoms with E-state index < -0.39 is 0 Å². The zero-order chi connectivity index (χ0) is 13.1. The first-order valence-corrected chi connectivity index (χ1v) is 6.16. The van der Waals surface area contributed by atoms with Crippen molar-refractivity contribution in [2.24, 2.45) is 5.73 Å². The van der Waals surface area contributed by atoms with Gasteiger partial charge in [-0.15, -0.1) is 0 Å². The molecular formula is C13H19N3O2. The van der Waals surface area contributed by atoms with Crippen LogP contribution in [0, 0.1) is 0 Å². The molecule has 0 spiro atoms. The molecule has 0 aliphatic carbocycles. The van der Waals surface area contributed by atoms with Gasteiger partial charge < -0.3 is 20.1 Å². The molecule has 5 heteroatoms. The van der Waals surface area contributed by atoms with Crippen LogP contribution in [0.1, 0.15) is 25.7 Å². The van der Waals surface area contributed by atoms with Crippen LogP contribution in [0.3, 0.4) is 0 Å². The maximum atomic E-state index is 9.13. The van der Waals surface area contributed by atoms with Crippen molar-refractivity contribution in [2.75, 3.05) is 13.2 Å². The van der Waals surface area contributed by atoms with Crippen molar-refractivity contribution in [1.82, 2.24) is 9.55 Å². The van der Waals surface area contributed by atoms with Gasteiger partial charge in [-0.3, -0.25) is 0 Å². The van der Waals surface area contributed by atoms with Crippen molar-refractivity contribution in [3.63, 3.8) is 0 Å². The standard InChI is InChI=1S/C13H19N3O2/c1-3-18-10-4-5-12-11(8-10)15-13(9(2)14)16(12)6-7-17/h4-5,8-9,17H,3,6-7,14H2,1-2H3. The average Bonchev–Trinajstić information content (AvgIpc) is 2.69. The molecule has 0 aliphatic heterocycles. The predicted molar refractivity (Wildman–Crippen MR) is 70.6 cm³/mol. The summed E-state index contributed by atoms with van der Waals surface area (Å²) in [5.41, 5.74) is 7.73. The minimum absolute atomic E-state index is 0.0678. The number of nitrogens with two attached hydrogens (primary N) is 1. The summed E-state index contributed by atoms with van der Waals surface area (Å²) in [5, 5.41) is 9.13. The third-order valence-corrected chi connectivity index (χ3v) is 2.79. The smallest absolute Gasteiger partial charge is 0.126 e. The van der Waals surface area contributed by atoms with Crippen LogP contribution in [0.25, 0.3) is 11.0 Å². The van der Waals surface area contributed by atoms with Gasteiger partial charge in [-0.05, 0) is 26.0 Å². The minimum Gasteiger partial charge on any atom is -0.494 e. The Morgan fingerprint density at radius 2 is 2.28 bits per heavy atom. The summed E-state index contributed by atoms with van der Waals surface area (Å²) in [7, 11) is 0. The second-order valence-corrected chi connectivity index (χ2v) is 4.22. The molecule has 5 nitrogen and oxygen atoms in total. The fourth-order valence-electron chi connectivity index (χ4n) is 2.07. The molecule has 1 aromatic carbocycles. The molecule has 1 atom stereocenters. The molecule has 0 fully saturated rings. The first kappa shape index (κ1) is 12.9. The third-order valence-electron chi connectivity index (χ3n) is 2.79. The van der Waals surface area contributed by atoms with E-state index >= 15 is 0 Å². The van der Waals surface area contributed by atoms with Crippen LogP contribution in [0.2, 0.25) is 0 Å². The SMILES string of the molecule is CCOc1ccc2c(c1)nc(C(C)N)n2CCO. The molecule has 0 saturated carbocycles. The lowest BCUT2D eigenvalue weighted by Gasteiger charge is -2.09. The van der Waals surface area contributed by atoms with Gasteiger partial charge in [0.2, 0.25) is 0 Å². The number of hydrogen-bond acceptors (Lipinski definition) is 4. The Hall–Kier alpha value is -1.59. The summed E-state index contributed by atoms with van der Waals surface area (Å²) in [6.07, 6.45) is 0. The molecule has 18 heavy (non-hydrogen) atoms. The molecule has 0 aliphatic rings. The Morgan fingerprint density at radius 1 is 1.50 bits per heavy atom. The molecule has 2 rings (SSSR count). The van der Waals surface area contributed by atoms with Gasteiger partial charge in [0, 0.05) is 12.6 Å². The summed E-state index contributed by atoms with van der Waals surface area (Å²) in [5.74, 6) is 1.59. The first-order valence-electron chi connectivity index (χ1n) is 6.16. The molecule has 1 heterocycles. The number of hydrogen-bond donors (Lipinski definition) is 2. The molecule has 1 unspecified atom stereocenters. The monoisotopic (exact) mass is 249 g/mol. The van der Waals surface area contributed by atoms with Crippen LogP contribution in [0.5, 0.6) is 5.75 Å². The quantitative estimate of drug-likeness (QED) is 0.841. The third kappa shape index (κ3) is 2.32. The summed E-state index contributed by atoms with van der Waals surface area (Å²) in [4.78, 5) is 4.52. The van der Waals surface area contributed by atoms with Gasteiger partial charge in [0.25, 0.3) is 0 Å². The first-order chi connectivity index (χ1) is 8.67. The van der Waals surface area contributed by atoms with E-state index in [9.17, 15) is 0 Å². The van der Waals surface area contributed by atoms with E-state index in [2.05, 4.69) is 4.98 Å². The second-order valence-electron chi connectivity index (χ2n) is 4.22. The Bertz CT molecular complexity index is 534. The van der Waals surface area contributed by atoms with E-state index in [1.165, 1.54) is 0 Å². The minimum atomic E-state index is -0.167. The molecule has 0 amide bonds. The molecule has 0 saturated heterocycles. The van der Waals surface area contributed by atoms with Gasteiger partial charge in [-0.1, -0.05) is 0 Å². The highest BCUT2D eigenvalue weighted by atomic mass is 16.5. The Balaban J connectivity index is 2.53. The number of aliphatic hydroxyl groups excluding tert-OH is 1. The number of rotatable bonds is 5. The number of aliphatic hydroxyl groups is 1. The molecule has 98 valence electrons. The highest BCUT2D eigenvalue weighted by Gasteiger charge is 2.14. The maximum Gasteiger partial charge on any atom is 0.126 e. The average molecular weight is 249 g/mol. The van der Waals surface area contributed by atoms with Crippen molar-refractivity contribution in [1.29, 1.82) is 0 Å². The van der Waals surface area contributed by atoms with E-state index in [0.717, 1.165) is 22.6 Å². The van der Waals surface area contributed by atoms with Crippen LogP contribution in [-0.4, -0.2) is 27.9 Å². The van der Waals surface area contributed by atoms with Crippen LogP contribution in [-0.2, 0) is 6.54 Å². The van der Waals surface area contributed by atoms with E-state index in [-0.39, 0.29) is 12.6 Å². The molecular weight excluding hydrogens is 230 g/mol. The van der Waals surface area contributed by atoms with Gasteiger partial charge >= 0.3 is 0 Å². The van der Waals surface area contributed by atoms with Crippen molar-refractivity contribution in [3.05, 3.63) is 24.0 Å².